The Morgan fingerprint density at radius 3 is 2.42 bits per heavy atom. The van der Waals surface area contributed by atoms with Crippen molar-refractivity contribution in [3.63, 3.8) is 0 Å². The van der Waals surface area contributed by atoms with E-state index in [-0.39, 0.29) is 5.69 Å². The Labute approximate surface area is 179 Å². The van der Waals surface area contributed by atoms with Crippen molar-refractivity contribution in [3.05, 3.63) is 96.2 Å². The third-order valence-corrected chi connectivity index (χ3v) is 4.76. The molecule has 1 atom stereocenters. The van der Waals surface area contributed by atoms with E-state index in [1.807, 2.05) is 43.3 Å². The fourth-order valence-corrected chi connectivity index (χ4v) is 3.30. The molecule has 0 bridgehead atoms. The number of carbonyl (C=O) groups is 2. The van der Waals surface area contributed by atoms with Gasteiger partial charge in [-0.05, 0) is 31.2 Å². The van der Waals surface area contributed by atoms with Gasteiger partial charge in [-0.1, -0.05) is 60.7 Å². The van der Waals surface area contributed by atoms with Crippen molar-refractivity contribution in [2.24, 2.45) is 0 Å². The van der Waals surface area contributed by atoms with E-state index in [0.29, 0.717) is 23.6 Å². The highest BCUT2D eigenvalue weighted by atomic mass is 16.5. The summed E-state index contributed by atoms with van der Waals surface area (Å²) in [7, 11) is 0. The van der Waals surface area contributed by atoms with Crippen LogP contribution in [0.25, 0.3) is 10.9 Å². The van der Waals surface area contributed by atoms with Crippen molar-refractivity contribution < 1.29 is 19.1 Å². The standard InChI is InChI=1S/C25H22N2O4/c1-2-30-22-15-9-8-14-20(22)27-24(28)23(17-10-4-3-5-11-17)31-25(29)21-16-18-12-6-7-13-19(18)26-21/h3-16,23,26H,2H2,1H3,(H,27,28)/t23-/m1/s1. The second-order valence-electron chi connectivity index (χ2n) is 6.88. The molecule has 6 heteroatoms. The highest BCUT2D eigenvalue weighted by Crippen LogP contribution is 2.27. The van der Waals surface area contributed by atoms with E-state index in [9.17, 15) is 9.59 Å². The third kappa shape index (κ3) is 4.59. The van der Waals surface area contributed by atoms with E-state index in [4.69, 9.17) is 9.47 Å². The summed E-state index contributed by atoms with van der Waals surface area (Å²) in [6.45, 7) is 2.33. The molecular weight excluding hydrogens is 392 g/mol. The largest absolute Gasteiger partial charge is 0.492 e. The number of rotatable bonds is 7. The summed E-state index contributed by atoms with van der Waals surface area (Å²) in [4.78, 5) is 29.1. The predicted octanol–water partition coefficient (Wildman–Crippen LogP) is 5.10. The van der Waals surface area contributed by atoms with Crippen LogP contribution >= 0.6 is 0 Å². The summed E-state index contributed by atoms with van der Waals surface area (Å²) < 4.78 is 11.2. The Morgan fingerprint density at radius 1 is 0.935 bits per heavy atom. The molecule has 156 valence electrons. The van der Waals surface area contributed by atoms with Crippen molar-refractivity contribution in [3.8, 4) is 5.75 Å². The summed E-state index contributed by atoms with van der Waals surface area (Å²) in [5.41, 5.74) is 2.18. The SMILES string of the molecule is CCOc1ccccc1NC(=O)[C@H](OC(=O)c1cc2ccccc2[nH]1)c1ccccc1. The first kappa shape index (κ1) is 20.2. The van der Waals surface area contributed by atoms with Crippen LogP contribution in [0.15, 0.2) is 84.9 Å². The number of fused-ring (bicyclic) bond motifs is 1. The number of aromatic amines is 1. The summed E-state index contributed by atoms with van der Waals surface area (Å²) in [5.74, 6) is -0.534. The van der Waals surface area contributed by atoms with Gasteiger partial charge in [-0.25, -0.2) is 4.79 Å². The van der Waals surface area contributed by atoms with Crippen LogP contribution in [0.2, 0.25) is 0 Å². The molecule has 3 aromatic carbocycles. The van der Waals surface area contributed by atoms with Gasteiger partial charge in [-0.2, -0.15) is 0 Å². The lowest BCUT2D eigenvalue weighted by Crippen LogP contribution is -2.26. The van der Waals surface area contributed by atoms with Crippen LogP contribution in [0.4, 0.5) is 5.69 Å². The van der Waals surface area contributed by atoms with Gasteiger partial charge >= 0.3 is 5.97 Å². The van der Waals surface area contributed by atoms with Gasteiger partial charge in [0.2, 0.25) is 6.10 Å². The average molecular weight is 414 g/mol. The van der Waals surface area contributed by atoms with Crippen LogP contribution in [-0.2, 0) is 9.53 Å². The minimum absolute atomic E-state index is 0.282. The number of para-hydroxylation sites is 3. The van der Waals surface area contributed by atoms with Crippen molar-refractivity contribution in [2.75, 3.05) is 11.9 Å². The maximum atomic E-state index is 13.2. The second-order valence-corrected chi connectivity index (χ2v) is 6.88. The van der Waals surface area contributed by atoms with E-state index in [1.54, 1.807) is 48.5 Å². The number of benzene rings is 3. The Morgan fingerprint density at radius 2 is 1.65 bits per heavy atom. The lowest BCUT2D eigenvalue weighted by atomic mass is 10.1. The molecule has 0 saturated heterocycles. The fraction of sp³-hybridized carbons (Fsp3) is 0.120. The number of ether oxygens (including phenoxy) is 2. The molecule has 0 aliphatic carbocycles. The zero-order valence-corrected chi connectivity index (χ0v) is 17.0. The van der Waals surface area contributed by atoms with Crippen LogP contribution in [0.3, 0.4) is 0 Å². The van der Waals surface area contributed by atoms with Gasteiger partial charge in [0, 0.05) is 16.5 Å². The highest BCUT2D eigenvalue weighted by Gasteiger charge is 2.27. The van der Waals surface area contributed by atoms with Crippen LogP contribution < -0.4 is 10.1 Å². The fourth-order valence-electron chi connectivity index (χ4n) is 3.30. The Bertz CT molecular complexity index is 1170. The maximum absolute atomic E-state index is 13.2. The van der Waals surface area contributed by atoms with Crippen molar-refractivity contribution in [1.82, 2.24) is 4.98 Å². The molecule has 31 heavy (non-hydrogen) atoms. The minimum atomic E-state index is -1.13. The van der Waals surface area contributed by atoms with Crippen LogP contribution in [-0.4, -0.2) is 23.5 Å². The average Bonchev–Trinajstić information content (AvgIpc) is 3.24. The number of carbonyl (C=O) groups excluding carboxylic acids is 2. The normalized spacial score (nSPS) is 11.6. The summed E-state index contributed by atoms with van der Waals surface area (Å²) >= 11 is 0. The molecular formula is C25H22N2O4. The zero-order chi connectivity index (χ0) is 21.6. The summed E-state index contributed by atoms with van der Waals surface area (Å²) in [6.07, 6.45) is -1.13. The van der Waals surface area contributed by atoms with Gasteiger partial charge < -0.3 is 19.8 Å². The first-order chi connectivity index (χ1) is 15.2. The van der Waals surface area contributed by atoms with Crippen molar-refractivity contribution in [2.45, 2.75) is 13.0 Å². The second kappa shape index (κ2) is 9.17. The Balaban J connectivity index is 1.60. The molecule has 4 rings (SSSR count). The van der Waals surface area contributed by atoms with Crippen LogP contribution in [0.5, 0.6) is 5.75 Å². The van der Waals surface area contributed by atoms with Crippen LogP contribution in [0.1, 0.15) is 29.1 Å². The molecule has 4 aromatic rings. The number of nitrogens with one attached hydrogen (secondary N) is 2. The smallest absolute Gasteiger partial charge is 0.355 e. The lowest BCUT2D eigenvalue weighted by molar-refractivity contribution is -0.125. The number of H-pyrrole nitrogens is 1. The zero-order valence-electron chi connectivity index (χ0n) is 17.0. The monoisotopic (exact) mass is 414 g/mol. The lowest BCUT2D eigenvalue weighted by Gasteiger charge is -2.19. The first-order valence-electron chi connectivity index (χ1n) is 10.0. The number of aromatic nitrogens is 1. The van der Waals surface area contributed by atoms with Gasteiger partial charge in [-0.3, -0.25) is 4.79 Å². The van der Waals surface area contributed by atoms with Crippen molar-refractivity contribution in [1.29, 1.82) is 0 Å². The quantitative estimate of drug-likeness (QED) is 0.412. The Hall–Kier alpha value is -4.06. The number of hydrogen-bond donors (Lipinski definition) is 2. The van der Waals surface area contributed by atoms with Gasteiger partial charge in [0.25, 0.3) is 5.91 Å². The molecule has 1 aromatic heterocycles. The molecule has 6 nitrogen and oxygen atoms in total. The molecule has 0 fully saturated rings. The number of amides is 1. The van der Waals surface area contributed by atoms with Crippen LogP contribution in [0, 0.1) is 0 Å². The van der Waals surface area contributed by atoms with E-state index < -0.39 is 18.0 Å². The van der Waals surface area contributed by atoms with Gasteiger partial charge in [-0.15, -0.1) is 0 Å². The molecule has 0 radical (unpaired) electrons. The summed E-state index contributed by atoms with van der Waals surface area (Å²) in [5, 5.41) is 3.72. The van der Waals surface area contributed by atoms with E-state index in [2.05, 4.69) is 10.3 Å². The maximum Gasteiger partial charge on any atom is 0.355 e. The molecule has 0 aliphatic heterocycles. The molecule has 2 N–H and O–H groups in total. The molecule has 1 amide bonds. The molecule has 0 aliphatic rings. The number of esters is 1. The topological polar surface area (TPSA) is 80.4 Å². The molecule has 0 unspecified atom stereocenters. The molecule has 1 heterocycles. The number of hydrogen-bond acceptors (Lipinski definition) is 4. The van der Waals surface area contributed by atoms with E-state index in [1.165, 1.54) is 0 Å². The number of anilines is 1. The predicted molar refractivity (Wildman–Crippen MR) is 119 cm³/mol. The van der Waals surface area contributed by atoms with Gasteiger partial charge in [0.1, 0.15) is 11.4 Å². The third-order valence-electron chi connectivity index (χ3n) is 4.76. The molecule has 0 spiro atoms. The molecule has 0 saturated carbocycles. The van der Waals surface area contributed by atoms with Gasteiger partial charge in [0.05, 0.1) is 12.3 Å². The van der Waals surface area contributed by atoms with Crippen molar-refractivity contribution >= 4 is 28.5 Å². The Kier molecular flexibility index (Phi) is 5.98. The minimum Gasteiger partial charge on any atom is -0.492 e. The van der Waals surface area contributed by atoms with E-state index >= 15 is 0 Å². The van der Waals surface area contributed by atoms with Gasteiger partial charge in [0.15, 0.2) is 0 Å². The van der Waals surface area contributed by atoms with E-state index in [0.717, 1.165) is 10.9 Å². The highest BCUT2D eigenvalue weighted by molar-refractivity contribution is 6.00. The first-order valence-corrected chi connectivity index (χ1v) is 10.0. The summed E-state index contributed by atoms with van der Waals surface area (Å²) in [6, 6.07) is 25.3.